The van der Waals surface area contributed by atoms with Gasteiger partial charge in [0.1, 0.15) is 5.75 Å². The molecule has 1 unspecified atom stereocenters. The number of carbonyl (C=O) groups excluding carboxylic acids is 1. The van der Waals surface area contributed by atoms with Crippen LogP contribution in [0.25, 0.3) is 0 Å². The quantitative estimate of drug-likeness (QED) is 0.694. The number of nitrogens with one attached hydrogen (secondary N) is 1. The third-order valence-corrected chi connectivity index (χ3v) is 6.16. The van der Waals surface area contributed by atoms with Gasteiger partial charge in [0.05, 0.1) is 6.04 Å². The maximum atomic E-state index is 12.4. The highest BCUT2D eigenvalue weighted by Gasteiger charge is 2.23. The number of hydrogen-bond acceptors (Lipinski definition) is 3. The third-order valence-electron chi connectivity index (χ3n) is 5.57. The summed E-state index contributed by atoms with van der Waals surface area (Å²) in [5.74, 6) is 0.565. The Kier molecular flexibility index (Phi) is 7.57. The lowest BCUT2D eigenvalue weighted by atomic mass is 10.0. The highest BCUT2D eigenvalue weighted by atomic mass is 35.5. The van der Waals surface area contributed by atoms with Crippen molar-refractivity contribution in [2.24, 2.45) is 0 Å². The molecule has 2 aromatic carbocycles. The molecule has 1 aliphatic heterocycles. The van der Waals surface area contributed by atoms with Crippen LogP contribution in [0.1, 0.15) is 47.6 Å². The fourth-order valence-electron chi connectivity index (χ4n) is 3.88. The molecule has 0 aliphatic carbocycles. The molecule has 0 saturated carbocycles. The number of nitrogens with zero attached hydrogens (tertiary/aromatic N) is 1. The van der Waals surface area contributed by atoms with Crippen LogP contribution in [0.5, 0.6) is 5.75 Å². The molecule has 4 nitrogen and oxygen atoms in total. The summed E-state index contributed by atoms with van der Waals surface area (Å²) in [7, 11) is 0. The number of benzene rings is 2. The van der Waals surface area contributed by atoms with Gasteiger partial charge in [0, 0.05) is 11.6 Å². The van der Waals surface area contributed by atoms with E-state index in [0.29, 0.717) is 12.3 Å². The van der Waals surface area contributed by atoms with Crippen molar-refractivity contribution in [3.05, 3.63) is 63.7 Å². The molecule has 156 valence electrons. The molecule has 0 spiro atoms. The van der Waals surface area contributed by atoms with Gasteiger partial charge in [-0.05, 0) is 75.5 Å². The zero-order valence-electron chi connectivity index (χ0n) is 17.6. The van der Waals surface area contributed by atoms with E-state index in [4.69, 9.17) is 16.3 Å². The fourth-order valence-corrected chi connectivity index (χ4v) is 3.99. The summed E-state index contributed by atoms with van der Waals surface area (Å²) in [4.78, 5) is 14.9. The van der Waals surface area contributed by atoms with Gasteiger partial charge in [0.25, 0.3) is 5.91 Å². The second kappa shape index (κ2) is 10.1. The van der Waals surface area contributed by atoms with E-state index in [0.717, 1.165) is 29.2 Å². The van der Waals surface area contributed by atoms with Gasteiger partial charge >= 0.3 is 0 Å². The number of rotatable bonds is 7. The van der Waals surface area contributed by atoms with E-state index in [1.54, 1.807) is 0 Å². The van der Waals surface area contributed by atoms with E-state index in [9.17, 15) is 4.79 Å². The van der Waals surface area contributed by atoms with E-state index < -0.39 is 0 Å². The smallest absolute Gasteiger partial charge is 0.258 e. The van der Waals surface area contributed by atoms with Crippen molar-refractivity contribution in [1.29, 1.82) is 0 Å². The molecule has 1 N–H and O–H groups in total. The first-order valence-corrected chi connectivity index (χ1v) is 10.8. The number of aryl methyl sites for hydroxylation is 3. The Morgan fingerprint density at radius 3 is 2.31 bits per heavy atom. The van der Waals surface area contributed by atoms with E-state index >= 15 is 0 Å². The van der Waals surface area contributed by atoms with Gasteiger partial charge in [-0.3, -0.25) is 9.69 Å². The van der Waals surface area contributed by atoms with Crippen LogP contribution in [-0.2, 0) is 4.79 Å². The molecule has 2 aromatic rings. The SMILES string of the molecule is Cc1ccc(C(CNC(=O)COc2cc(C)c(Cl)c(C)c2)N2CCCCC2)cc1. The largest absolute Gasteiger partial charge is 0.484 e. The summed E-state index contributed by atoms with van der Waals surface area (Å²) in [6.45, 7) is 8.71. The molecule has 1 atom stereocenters. The van der Waals surface area contributed by atoms with Crippen LogP contribution in [-0.4, -0.2) is 37.0 Å². The van der Waals surface area contributed by atoms with E-state index in [1.807, 2.05) is 26.0 Å². The first kappa shape index (κ1) is 21.7. The zero-order chi connectivity index (χ0) is 20.8. The van der Waals surface area contributed by atoms with Gasteiger partial charge in [-0.25, -0.2) is 0 Å². The molecule has 29 heavy (non-hydrogen) atoms. The molecule has 5 heteroatoms. The Hall–Kier alpha value is -2.04. The van der Waals surface area contributed by atoms with E-state index in [1.165, 1.54) is 30.4 Å². The lowest BCUT2D eigenvalue weighted by Gasteiger charge is -2.35. The number of halogens is 1. The van der Waals surface area contributed by atoms with Crippen LogP contribution in [0.4, 0.5) is 0 Å². The van der Waals surface area contributed by atoms with Crippen molar-refractivity contribution in [1.82, 2.24) is 10.2 Å². The number of piperidine rings is 1. The Morgan fingerprint density at radius 1 is 1.07 bits per heavy atom. The molecule has 1 amide bonds. The number of carbonyl (C=O) groups is 1. The van der Waals surface area contributed by atoms with Gasteiger partial charge < -0.3 is 10.1 Å². The molecule has 1 heterocycles. The summed E-state index contributed by atoms with van der Waals surface area (Å²) >= 11 is 6.20. The first-order chi connectivity index (χ1) is 13.9. The Morgan fingerprint density at radius 2 is 1.69 bits per heavy atom. The molecule has 1 aliphatic rings. The van der Waals surface area contributed by atoms with Gasteiger partial charge in [-0.15, -0.1) is 0 Å². The van der Waals surface area contributed by atoms with E-state index in [-0.39, 0.29) is 18.6 Å². The lowest BCUT2D eigenvalue weighted by molar-refractivity contribution is -0.123. The maximum absolute atomic E-state index is 12.4. The minimum absolute atomic E-state index is 0.00112. The van der Waals surface area contributed by atoms with Crippen molar-refractivity contribution in [3.63, 3.8) is 0 Å². The second-order valence-corrected chi connectivity index (χ2v) is 8.36. The summed E-state index contributed by atoms with van der Waals surface area (Å²) in [5.41, 5.74) is 4.40. The van der Waals surface area contributed by atoms with Crippen molar-refractivity contribution in [2.75, 3.05) is 26.2 Å². The highest BCUT2D eigenvalue weighted by molar-refractivity contribution is 6.32. The standard InChI is InChI=1S/C24H31ClN2O2/c1-17-7-9-20(10-8-17)22(27-11-5-4-6-12-27)15-26-23(28)16-29-21-13-18(2)24(25)19(3)14-21/h7-10,13-14,22H,4-6,11-12,15-16H2,1-3H3,(H,26,28). The zero-order valence-corrected chi connectivity index (χ0v) is 18.4. The van der Waals surface area contributed by atoms with Gasteiger partial charge in [0.2, 0.25) is 0 Å². The van der Waals surface area contributed by atoms with Crippen LogP contribution in [0.15, 0.2) is 36.4 Å². The molecule has 0 radical (unpaired) electrons. The van der Waals surface area contributed by atoms with Crippen LogP contribution in [0.2, 0.25) is 5.02 Å². The summed E-state index contributed by atoms with van der Waals surface area (Å²) in [5, 5.41) is 3.81. The molecule has 0 aromatic heterocycles. The van der Waals surface area contributed by atoms with Crippen LogP contribution >= 0.6 is 11.6 Å². The Labute approximate surface area is 179 Å². The summed E-state index contributed by atoms with van der Waals surface area (Å²) in [6, 6.07) is 12.6. The number of likely N-dealkylation sites (tertiary alicyclic amines) is 1. The second-order valence-electron chi connectivity index (χ2n) is 7.99. The fraction of sp³-hybridized carbons (Fsp3) is 0.458. The predicted molar refractivity (Wildman–Crippen MR) is 119 cm³/mol. The average molecular weight is 415 g/mol. The lowest BCUT2D eigenvalue weighted by Crippen LogP contribution is -2.41. The number of ether oxygens (including phenoxy) is 1. The Balaban J connectivity index is 1.59. The number of hydrogen-bond donors (Lipinski definition) is 1. The van der Waals surface area contributed by atoms with Crippen molar-refractivity contribution >= 4 is 17.5 Å². The highest BCUT2D eigenvalue weighted by Crippen LogP contribution is 2.26. The van der Waals surface area contributed by atoms with Crippen molar-refractivity contribution in [2.45, 2.75) is 46.1 Å². The topological polar surface area (TPSA) is 41.6 Å². The van der Waals surface area contributed by atoms with Crippen molar-refractivity contribution < 1.29 is 9.53 Å². The molecule has 3 rings (SSSR count). The summed E-state index contributed by atoms with van der Waals surface area (Å²) in [6.07, 6.45) is 3.72. The van der Waals surface area contributed by atoms with Crippen molar-refractivity contribution in [3.8, 4) is 5.75 Å². The average Bonchev–Trinajstić information content (AvgIpc) is 2.72. The third kappa shape index (κ3) is 5.97. The van der Waals surface area contributed by atoms with Crippen LogP contribution in [0.3, 0.4) is 0 Å². The minimum Gasteiger partial charge on any atom is -0.484 e. The Bertz CT molecular complexity index is 806. The normalized spacial score (nSPS) is 15.7. The molecule has 0 bridgehead atoms. The predicted octanol–water partition coefficient (Wildman–Crippen LogP) is 4.99. The number of amides is 1. The van der Waals surface area contributed by atoms with Crippen LogP contribution in [0, 0.1) is 20.8 Å². The summed E-state index contributed by atoms with van der Waals surface area (Å²) < 4.78 is 5.70. The molecular formula is C24H31ClN2O2. The van der Waals surface area contributed by atoms with Gasteiger partial charge in [0.15, 0.2) is 6.61 Å². The molecule has 1 fully saturated rings. The monoisotopic (exact) mass is 414 g/mol. The van der Waals surface area contributed by atoms with Crippen LogP contribution < -0.4 is 10.1 Å². The molecule has 1 saturated heterocycles. The maximum Gasteiger partial charge on any atom is 0.258 e. The van der Waals surface area contributed by atoms with Gasteiger partial charge in [-0.1, -0.05) is 47.9 Å². The first-order valence-electron chi connectivity index (χ1n) is 10.4. The van der Waals surface area contributed by atoms with Gasteiger partial charge in [-0.2, -0.15) is 0 Å². The molecular weight excluding hydrogens is 384 g/mol. The minimum atomic E-state index is -0.107. The van der Waals surface area contributed by atoms with E-state index in [2.05, 4.69) is 41.4 Å².